The van der Waals surface area contributed by atoms with Crippen molar-refractivity contribution in [2.45, 2.75) is 27.0 Å². The Morgan fingerprint density at radius 3 is 2.64 bits per heavy atom. The molecule has 1 heterocycles. The smallest absolute Gasteiger partial charge is 0.0853 e. The highest BCUT2D eigenvalue weighted by atomic mass is 16.3. The van der Waals surface area contributed by atoms with Crippen LogP contribution in [-0.2, 0) is 13.2 Å². The minimum Gasteiger partial charge on any atom is -0.390 e. The number of aromatic nitrogens is 1. The summed E-state index contributed by atoms with van der Waals surface area (Å²) in [6.07, 6.45) is 1.75. The summed E-state index contributed by atoms with van der Waals surface area (Å²) in [5, 5.41) is 8.93. The van der Waals surface area contributed by atoms with Crippen LogP contribution in [0.25, 0.3) is 0 Å². The van der Waals surface area contributed by atoms with Gasteiger partial charge in [0.15, 0.2) is 0 Å². The number of rotatable bonds is 5. The number of aliphatic hydroxyl groups excluding tert-OH is 1. The van der Waals surface area contributed by atoms with Crippen LogP contribution in [0.4, 0.5) is 0 Å². The van der Waals surface area contributed by atoms with Gasteiger partial charge < -0.3 is 5.11 Å². The van der Waals surface area contributed by atoms with Crippen molar-refractivity contribution in [1.29, 1.82) is 0 Å². The molecule has 1 aromatic rings. The molecule has 14 heavy (non-hydrogen) atoms. The molecule has 1 aromatic heterocycles. The summed E-state index contributed by atoms with van der Waals surface area (Å²) in [4.78, 5) is 6.38. The van der Waals surface area contributed by atoms with Gasteiger partial charge in [0.2, 0.25) is 0 Å². The standard InChI is InChI=1S/C11H18N2O/c1-3-13(4-2)8-10-5-6-12-11(7-10)9-14/h5-7,14H,3-4,8-9H2,1-2H3. The second-order valence-electron chi connectivity index (χ2n) is 3.27. The maximum Gasteiger partial charge on any atom is 0.0853 e. The third kappa shape index (κ3) is 3.09. The Hall–Kier alpha value is -0.930. The van der Waals surface area contributed by atoms with Gasteiger partial charge in [0.25, 0.3) is 0 Å². The highest BCUT2D eigenvalue weighted by Gasteiger charge is 2.01. The molecule has 0 atom stereocenters. The second-order valence-corrected chi connectivity index (χ2v) is 3.27. The van der Waals surface area contributed by atoms with Crippen molar-refractivity contribution in [2.24, 2.45) is 0 Å². The van der Waals surface area contributed by atoms with Crippen LogP contribution in [0, 0.1) is 0 Å². The Balaban J connectivity index is 2.65. The molecule has 3 heteroatoms. The van der Waals surface area contributed by atoms with E-state index in [2.05, 4.69) is 23.7 Å². The Morgan fingerprint density at radius 2 is 2.07 bits per heavy atom. The molecule has 0 aliphatic heterocycles. The Labute approximate surface area is 85.4 Å². The van der Waals surface area contributed by atoms with Gasteiger partial charge in [0.05, 0.1) is 12.3 Å². The molecular formula is C11H18N2O. The molecule has 0 aromatic carbocycles. The molecule has 0 spiro atoms. The van der Waals surface area contributed by atoms with Gasteiger partial charge in [-0.1, -0.05) is 13.8 Å². The predicted molar refractivity (Wildman–Crippen MR) is 56.8 cm³/mol. The van der Waals surface area contributed by atoms with E-state index in [1.165, 1.54) is 5.56 Å². The SMILES string of the molecule is CCN(CC)Cc1ccnc(CO)c1. The lowest BCUT2D eigenvalue weighted by molar-refractivity contribution is 0.275. The maximum absolute atomic E-state index is 8.93. The monoisotopic (exact) mass is 194 g/mol. The van der Waals surface area contributed by atoms with Crippen molar-refractivity contribution in [1.82, 2.24) is 9.88 Å². The summed E-state index contributed by atoms with van der Waals surface area (Å²) >= 11 is 0. The van der Waals surface area contributed by atoms with E-state index in [1.54, 1.807) is 6.20 Å². The Kier molecular flexibility index (Phi) is 4.56. The average Bonchev–Trinajstić information content (AvgIpc) is 2.26. The second kappa shape index (κ2) is 5.73. The van der Waals surface area contributed by atoms with Gasteiger partial charge in [-0.2, -0.15) is 0 Å². The molecule has 78 valence electrons. The summed E-state index contributed by atoms with van der Waals surface area (Å²) < 4.78 is 0. The maximum atomic E-state index is 8.93. The summed E-state index contributed by atoms with van der Waals surface area (Å²) in [6, 6.07) is 3.95. The lowest BCUT2D eigenvalue weighted by Gasteiger charge is -2.17. The van der Waals surface area contributed by atoms with E-state index in [0.717, 1.165) is 25.3 Å². The Bertz CT molecular complexity index is 272. The van der Waals surface area contributed by atoms with Gasteiger partial charge in [-0.05, 0) is 30.8 Å². The van der Waals surface area contributed by atoms with Gasteiger partial charge in [0, 0.05) is 12.7 Å². The zero-order valence-corrected chi connectivity index (χ0v) is 8.90. The predicted octanol–water partition coefficient (Wildman–Crippen LogP) is 1.42. The fourth-order valence-electron chi connectivity index (χ4n) is 1.42. The molecular weight excluding hydrogens is 176 g/mol. The molecule has 1 N–H and O–H groups in total. The highest BCUT2D eigenvalue weighted by molar-refractivity contribution is 5.15. The number of hydrogen-bond acceptors (Lipinski definition) is 3. The zero-order chi connectivity index (χ0) is 10.4. The first-order valence-corrected chi connectivity index (χ1v) is 5.07. The van der Waals surface area contributed by atoms with Crippen LogP contribution in [0.5, 0.6) is 0 Å². The quantitative estimate of drug-likeness (QED) is 0.770. The minimum atomic E-state index is 0.0199. The van der Waals surface area contributed by atoms with Crippen molar-refractivity contribution in [3.8, 4) is 0 Å². The first-order valence-electron chi connectivity index (χ1n) is 5.07. The summed E-state index contributed by atoms with van der Waals surface area (Å²) in [7, 11) is 0. The molecule has 1 rings (SSSR count). The summed E-state index contributed by atoms with van der Waals surface area (Å²) in [5.74, 6) is 0. The summed E-state index contributed by atoms with van der Waals surface area (Å²) in [5.41, 5.74) is 1.96. The van der Waals surface area contributed by atoms with Crippen molar-refractivity contribution >= 4 is 0 Å². The van der Waals surface area contributed by atoms with Gasteiger partial charge in [-0.25, -0.2) is 0 Å². The van der Waals surface area contributed by atoms with Gasteiger partial charge in [-0.3, -0.25) is 9.88 Å². The van der Waals surface area contributed by atoms with E-state index in [4.69, 9.17) is 5.11 Å². The lowest BCUT2D eigenvalue weighted by atomic mass is 10.2. The van der Waals surface area contributed by atoms with Gasteiger partial charge in [-0.15, -0.1) is 0 Å². The van der Waals surface area contributed by atoms with Crippen LogP contribution in [0.2, 0.25) is 0 Å². The number of pyridine rings is 1. The largest absolute Gasteiger partial charge is 0.390 e. The fraction of sp³-hybridized carbons (Fsp3) is 0.545. The average molecular weight is 194 g/mol. The van der Waals surface area contributed by atoms with Crippen LogP contribution in [-0.4, -0.2) is 28.1 Å². The molecule has 0 saturated carbocycles. The number of aliphatic hydroxyl groups is 1. The number of nitrogens with zero attached hydrogens (tertiary/aromatic N) is 2. The third-order valence-corrected chi connectivity index (χ3v) is 2.34. The van der Waals surface area contributed by atoms with Crippen molar-refractivity contribution in [3.05, 3.63) is 29.6 Å². The molecule has 0 fully saturated rings. The third-order valence-electron chi connectivity index (χ3n) is 2.34. The topological polar surface area (TPSA) is 36.4 Å². The summed E-state index contributed by atoms with van der Waals surface area (Å²) in [6.45, 7) is 7.35. The van der Waals surface area contributed by atoms with Crippen LogP contribution in [0.1, 0.15) is 25.1 Å². The zero-order valence-electron chi connectivity index (χ0n) is 8.90. The van der Waals surface area contributed by atoms with Gasteiger partial charge in [0.1, 0.15) is 0 Å². The van der Waals surface area contributed by atoms with E-state index in [-0.39, 0.29) is 6.61 Å². The molecule has 0 aliphatic rings. The Morgan fingerprint density at radius 1 is 1.36 bits per heavy atom. The highest BCUT2D eigenvalue weighted by Crippen LogP contribution is 2.05. The van der Waals surface area contributed by atoms with Crippen LogP contribution in [0.15, 0.2) is 18.3 Å². The van der Waals surface area contributed by atoms with Gasteiger partial charge >= 0.3 is 0 Å². The molecule has 0 radical (unpaired) electrons. The molecule has 0 bridgehead atoms. The fourth-order valence-corrected chi connectivity index (χ4v) is 1.42. The van der Waals surface area contributed by atoms with E-state index in [0.29, 0.717) is 0 Å². The lowest BCUT2D eigenvalue weighted by Crippen LogP contribution is -2.22. The first-order chi connectivity index (χ1) is 6.80. The van der Waals surface area contributed by atoms with Crippen LogP contribution >= 0.6 is 0 Å². The van der Waals surface area contributed by atoms with Crippen LogP contribution < -0.4 is 0 Å². The van der Waals surface area contributed by atoms with Crippen molar-refractivity contribution < 1.29 is 5.11 Å². The van der Waals surface area contributed by atoms with E-state index >= 15 is 0 Å². The van der Waals surface area contributed by atoms with E-state index in [9.17, 15) is 0 Å². The van der Waals surface area contributed by atoms with Crippen molar-refractivity contribution in [3.63, 3.8) is 0 Å². The first kappa shape index (κ1) is 11.1. The van der Waals surface area contributed by atoms with Crippen molar-refractivity contribution in [2.75, 3.05) is 13.1 Å². The molecule has 0 unspecified atom stereocenters. The minimum absolute atomic E-state index is 0.0199. The molecule has 0 saturated heterocycles. The van der Waals surface area contributed by atoms with Crippen LogP contribution in [0.3, 0.4) is 0 Å². The molecule has 3 nitrogen and oxygen atoms in total. The molecule has 0 aliphatic carbocycles. The normalized spacial score (nSPS) is 10.9. The van der Waals surface area contributed by atoms with E-state index < -0.39 is 0 Å². The van der Waals surface area contributed by atoms with E-state index in [1.807, 2.05) is 12.1 Å². The molecule has 0 amide bonds. The number of hydrogen-bond donors (Lipinski definition) is 1.